The number of amides is 1. The summed E-state index contributed by atoms with van der Waals surface area (Å²) in [5, 5.41) is 0. The van der Waals surface area contributed by atoms with Crippen molar-refractivity contribution in [3.8, 4) is 5.75 Å². The molecule has 0 radical (unpaired) electrons. The topological polar surface area (TPSA) is 32.8 Å². The number of ether oxygens (including phenoxy) is 1. The van der Waals surface area contributed by atoms with Crippen LogP contribution in [0.2, 0.25) is 0 Å². The van der Waals surface area contributed by atoms with Crippen LogP contribution in [0.1, 0.15) is 16.7 Å². The van der Waals surface area contributed by atoms with E-state index in [1.165, 1.54) is 5.56 Å². The van der Waals surface area contributed by atoms with Crippen LogP contribution in [0.15, 0.2) is 89.4 Å². The lowest BCUT2D eigenvalue weighted by Crippen LogP contribution is -2.47. The molecule has 0 unspecified atom stereocenters. The van der Waals surface area contributed by atoms with Crippen LogP contribution in [0.3, 0.4) is 0 Å². The van der Waals surface area contributed by atoms with Crippen molar-refractivity contribution in [2.45, 2.75) is 13.2 Å². The quantitative estimate of drug-likeness (QED) is 0.416. The smallest absolute Gasteiger partial charge is 0.246 e. The summed E-state index contributed by atoms with van der Waals surface area (Å²) in [6, 6.07) is 26.4. The largest absolute Gasteiger partial charge is 0.489 e. The van der Waals surface area contributed by atoms with E-state index in [0.29, 0.717) is 6.61 Å². The maximum absolute atomic E-state index is 12.6. The van der Waals surface area contributed by atoms with E-state index >= 15 is 0 Å². The van der Waals surface area contributed by atoms with E-state index in [1.807, 2.05) is 65.6 Å². The number of nitrogens with zero attached hydrogens (tertiary/aromatic N) is 2. The second-order valence-electron chi connectivity index (χ2n) is 7.90. The first kappa shape index (κ1) is 22.3. The van der Waals surface area contributed by atoms with Crippen molar-refractivity contribution in [1.29, 1.82) is 0 Å². The SMILES string of the molecule is O=C(C=Cc1ccc(OCc2ccc(Br)cc2)cc1)N1CCN(Cc2ccccc2)CC1. The third-order valence-corrected chi connectivity index (χ3v) is 6.08. The Hall–Kier alpha value is -2.89. The number of halogens is 1. The first-order chi connectivity index (χ1) is 15.7. The molecule has 1 amide bonds. The number of rotatable bonds is 7. The van der Waals surface area contributed by atoms with Crippen LogP contribution in [0, 0.1) is 0 Å². The maximum atomic E-state index is 12.6. The summed E-state index contributed by atoms with van der Waals surface area (Å²) in [4.78, 5) is 16.9. The van der Waals surface area contributed by atoms with Gasteiger partial charge in [0.2, 0.25) is 5.91 Å². The standard InChI is InChI=1S/C27H27BrN2O2/c28-25-11-6-24(7-12-25)21-32-26-13-8-22(9-14-26)10-15-27(31)30-18-16-29(17-19-30)20-23-4-2-1-3-5-23/h1-15H,16-21H2. The van der Waals surface area contributed by atoms with Gasteiger partial charge in [0.1, 0.15) is 12.4 Å². The van der Waals surface area contributed by atoms with Crippen molar-refractivity contribution in [2.24, 2.45) is 0 Å². The zero-order chi connectivity index (χ0) is 22.2. The fourth-order valence-electron chi connectivity index (χ4n) is 3.66. The Kier molecular flexibility index (Phi) is 7.75. The van der Waals surface area contributed by atoms with Gasteiger partial charge in [-0.2, -0.15) is 0 Å². The third kappa shape index (κ3) is 6.55. The van der Waals surface area contributed by atoms with Gasteiger partial charge in [0.25, 0.3) is 0 Å². The fourth-order valence-corrected chi connectivity index (χ4v) is 3.93. The van der Waals surface area contributed by atoms with Gasteiger partial charge in [0.15, 0.2) is 0 Å². The monoisotopic (exact) mass is 490 g/mol. The zero-order valence-electron chi connectivity index (χ0n) is 18.0. The van der Waals surface area contributed by atoms with E-state index in [-0.39, 0.29) is 5.91 Å². The van der Waals surface area contributed by atoms with Crippen LogP contribution < -0.4 is 4.74 Å². The Balaban J connectivity index is 1.22. The van der Waals surface area contributed by atoms with Crippen molar-refractivity contribution >= 4 is 27.9 Å². The first-order valence-corrected chi connectivity index (χ1v) is 11.7. The molecule has 164 valence electrons. The van der Waals surface area contributed by atoms with Crippen molar-refractivity contribution in [2.75, 3.05) is 26.2 Å². The normalized spacial score (nSPS) is 14.6. The van der Waals surface area contributed by atoms with Crippen molar-refractivity contribution in [3.63, 3.8) is 0 Å². The summed E-state index contributed by atoms with van der Waals surface area (Å²) < 4.78 is 6.90. The van der Waals surface area contributed by atoms with Crippen LogP contribution in [0.4, 0.5) is 0 Å². The second-order valence-corrected chi connectivity index (χ2v) is 8.82. The molecule has 0 N–H and O–H groups in total. The molecule has 5 heteroatoms. The highest BCUT2D eigenvalue weighted by molar-refractivity contribution is 9.10. The van der Waals surface area contributed by atoms with Gasteiger partial charge in [-0.1, -0.05) is 70.5 Å². The van der Waals surface area contributed by atoms with Crippen molar-refractivity contribution in [1.82, 2.24) is 9.80 Å². The van der Waals surface area contributed by atoms with E-state index in [0.717, 1.165) is 54.1 Å². The van der Waals surface area contributed by atoms with Crippen LogP contribution in [0.5, 0.6) is 5.75 Å². The molecule has 3 aromatic rings. The fraction of sp³-hybridized carbons (Fsp3) is 0.222. The minimum Gasteiger partial charge on any atom is -0.489 e. The molecule has 32 heavy (non-hydrogen) atoms. The van der Waals surface area contributed by atoms with Gasteiger partial charge >= 0.3 is 0 Å². The number of benzene rings is 3. The Morgan fingerprint density at radius 1 is 0.844 bits per heavy atom. The average Bonchev–Trinajstić information content (AvgIpc) is 2.84. The molecule has 3 aromatic carbocycles. The molecule has 1 aliphatic heterocycles. The summed E-state index contributed by atoms with van der Waals surface area (Å²) in [6.07, 6.45) is 3.54. The van der Waals surface area contributed by atoms with Crippen LogP contribution in [0.25, 0.3) is 6.08 Å². The molecule has 1 heterocycles. The van der Waals surface area contributed by atoms with E-state index in [4.69, 9.17) is 4.74 Å². The van der Waals surface area contributed by atoms with Crippen LogP contribution in [-0.2, 0) is 17.9 Å². The van der Waals surface area contributed by atoms with E-state index < -0.39 is 0 Å². The Bertz CT molecular complexity index is 1030. The predicted octanol–water partition coefficient (Wildman–Crippen LogP) is 5.39. The molecule has 0 aromatic heterocycles. The Morgan fingerprint density at radius 2 is 1.53 bits per heavy atom. The van der Waals surface area contributed by atoms with Gasteiger partial charge in [-0.15, -0.1) is 0 Å². The molecule has 4 nitrogen and oxygen atoms in total. The number of hydrogen-bond acceptors (Lipinski definition) is 3. The van der Waals surface area contributed by atoms with Crippen molar-refractivity contribution < 1.29 is 9.53 Å². The lowest BCUT2D eigenvalue weighted by Gasteiger charge is -2.34. The Labute approximate surface area is 198 Å². The van der Waals surface area contributed by atoms with Gasteiger partial charge < -0.3 is 9.64 Å². The van der Waals surface area contributed by atoms with E-state index in [1.54, 1.807) is 6.08 Å². The van der Waals surface area contributed by atoms with E-state index in [9.17, 15) is 4.79 Å². The molecular formula is C27H27BrN2O2. The Morgan fingerprint density at radius 3 is 2.22 bits per heavy atom. The number of piperazine rings is 1. The number of carbonyl (C=O) groups is 1. The third-order valence-electron chi connectivity index (χ3n) is 5.55. The molecule has 1 fully saturated rings. The summed E-state index contributed by atoms with van der Waals surface area (Å²) >= 11 is 3.44. The van der Waals surface area contributed by atoms with Gasteiger partial charge in [-0.25, -0.2) is 0 Å². The highest BCUT2D eigenvalue weighted by atomic mass is 79.9. The summed E-state index contributed by atoms with van der Waals surface area (Å²) in [5.74, 6) is 0.880. The van der Waals surface area contributed by atoms with Gasteiger partial charge in [-0.3, -0.25) is 9.69 Å². The lowest BCUT2D eigenvalue weighted by atomic mass is 10.2. The lowest BCUT2D eigenvalue weighted by molar-refractivity contribution is -0.127. The first-order valence-electron chi connectivity index (χ1n) is 10.9. The van der Waals surface area contributed by atoms with Crippen molar-refractivity contribution in [3.05, 3.63) is 106 Å². The summed E-state index contributed by atoms with van der Waals surface area (Å²) in [5.41, 5.74) is 3.42. The highest BCUT2D eigenvalue weighted by Crippen LogP contribution is 2.17. The van der Waals surface area contributed by atoms with E-state index in [2.05, 4.69) is 45.1 Å². The molecule has 0 atom stereocenters. The van der Waals surface area contributed by atoms with Gasteiger partial charge in [0.05, 0.1) is 0 Å². The molecule has 0 aliphatic carbocycles. The number of carbonyl (C=O) groups excluding carboxylic acids is 1. The molecule has 0 bridgehead atoms. The highest BCUT2D eigenvalue weighted by Gasteiger charge is 2.19. The number of hydrogen-bond donors (Lipinski definition) is 0. The molecule has 4 rings (SSSR count). The molecule has 0 spiro atoms. The molecule has 1 aliphatic rings. The second kappa shape index (κ2) is 11.1. The molecule has 0 saturated carbocycles. The van der Waals surface area contributed by atoms with Crippen LogP contribution in [-0.4, -0.2) is 41.9 Å². The molecular weight excluding hydrogens is 464 g/mol. The summed E-state index contributed by atoms with van der Waals surface area (Å²) in [7, 11) is 0. The average molecular weight is 491 g/mol. The molecule has 1 saturated heterocycles. The minimum absolute atomic E-state index is 0.0694. The predicted molar refractivity (Wildman–Crippen MR) is 132 cm³/mol. The van der Waals surface area contributed by atoms with Crippen LogP contribution >= 0.6 is 15.9 Å². The maximum Gasteiger partial charge on any atom is 0.246 e. The van der Waals surface area contributed by atoms with Gasteiger partial charge in [-0.05, 0) is 47.0 Å². The summed E-state index contributed by atoms with van der Waals surface area (Å²) in [6.45, 7) is 4.79. The van der Waals surface area contributed by atoms with Gasteiger partial charge in [0, 0.05) is 43.3 Å². The minimum atomic E-state index is 0.0694. The zero-order valence-corrected chi connectivity index (χ0v) is 19.6.